The second-order valence-electron chi connectivity index (χ2n) is 9.45. The van der Waals surface area contributed by atoms with Gasteiger partial charge in [-0.15, -0.1) is 0 Å². The van der Waals surface area contributed by atoms with E-state index in [0.717, 1.165) is 58.2 Å². The summed E-state index contributed by atoms with van der Waals surface area (Å²) in [6.45, 7) is 8.30. The van der Waals surface area contributed by atoms with Crippen LogP contribution in [-0.2, 0) is 16.0 Å². The third kappa shape index (κ3) is 6.29. The molecule has 1 aromatic carbocycles. The first-order chi connectivity index (χ1) is 14.8. The molecule has 3 saturated heterocycles. The fraction of sp³-hybridized carbons (Fsp3) is 0.720. The van der Waals surface area contributed by atoms with Gasteiger partial charge in [0.1, 0.15) is 0 Å². The molecule has 0 aromatic heterocycles. The minimum atomic E-state index is 0.210. The van der Waals surface area contributed by atoms with E-state index in [9.17, 15) is 4.79 Å². The topological polar surface area (TPSA) is 44.8 Å². The molecule has 0 unspecified atom stereocenters. The number of ether oxygens (including phenoxy) is 1. The van der Waals surface area contributed by atoms with Crippen LogP contribution in [0.2, 0.25) is 0 Å². The third-order valence-electron chi connectivity index (χ3n) is 7.35. The first-order valence-electron chi connectivity index (χ1n) is 12.1. The van der Waals surface area contributed by atoms with Gasteiger partial charge in [0, 0.05) is 31.0 Å². The van der Waals surface area contributed by atoms with Crippen LogP contribution in [0.15, 0.2) is 30.3 Å². The Bertz CT molecular complexity index is 631. The normalized spacial score (nSPS) is 24.9. The summed E-state index contributed by atoms with van der Waals surface area (Å²) in [6.07, 6.45) is 8.12. The highest BCUT2D eigenvalue weighted by Gasteiger charge is 2.30. The molecular weight excluding hydrogens is 374 g/mol. The number of nitrogens with one attached hydrogen (secondary N) is 1. The standard InChI is InChI=1S/C25H39N3O2/c29-25(26-19-22-12-18-30-20-22)23-8-16-28(17-9-23)24-10-14-27(15-11-24)13-4-7-21-5-2-1-3-6-21/h1-3,5-6,22-24H,4,7-20H2,(H,26,29)/t22-/m1/s1. The summed E-state index contributed by atoms with van der Waals surface area (Å²) in [7, 11) is 0. The largest absolute Gasteiger partial charge is 0.381 e. The van der Waals surface area contributed by atoms with Gasteiger partial charge in [0.05, 0.1) is 6.61 Å². The molecule has 0 bridgehead atoms. The van der Waals surface area contributed by atoms with Gasteiger partial charge >= 0.3 is 0 Å². The van der Waals surface area contributed by atoms with Gasteiger partial charge in [-0.1, -0.05) is 30.3 Å². The lowest BCUT2D eigenvalue weighted by Crippen LogP contribution is -2.49. The number of hydrogen-bond acceptors (Lipinski definition) is 4. The van der Waals surface area contributed by atoms with Crippen LogP contribution in [-0.4, -0.2) is 74.2 Å². The molecule has 30 heavy (non-hydrogen) atoms. The highest BCUT2D eigenvalue weighted by Crippen LogP contribution is 2.24. The van der Waals surface area contributed by atoms with Gasteiger partial charge in [-0.2, -0.15) is 0 Å². The molecule has 1 aromatic rings. The maximum absolute atomic E-state index is 12.5. The lowest BCUT2D eigenvalue weighted by atomic mass is 9.92. The number of aryl methyl sites for hydroxylation is 1. The predicted octanol–water partition coefficient (Wildman–Crippen LogP) is 2.95. The fourth-order valence-electron chi connectivity index (χ4n) is 5.32. The van der Waals surface area contributed by atoms with E-state index in [4.69, 9.17) is 4.74 Å². The lowest BCUT2D eigenvalue weighted by molar-refractivity contribution is -0.126. The first kappa shape index (κ1) is 21.8. The highest BCUT2D eigenvalue weighted by molar-refractivity contribution is 5.78. The number of hydrogen-bond donors (Lipinski definition) is 1. The fourth-order valence-corrected chi connectivity index (χ4v) is 5.32. The molecule has 1 amide bonds. The zero-order valence-corrected chi connectivity index (χ0v) is 18.4. The molecule has 0 radical (unpaired) electrons. The number of likely N-dealkylation sites (tertiary alicyclic amines) is 2. The molecular formula is C25H39N3O2. The van der Waals surface area contributed by atoms with Crippen molar-refractivity contribution in [2.24, 2.45) is 11.8 Å². The molecule has 5 nitrogen and oxygen atoms in total. The summed E-state index contributed by atoms with van der Waals surface area (Å²) < 4.78 is 5.40. The zero-order chi connectivity index (χ0) is 20.6. The van der Waals surface area contributed by atoms with Crippen LogP contribution in [0.4, 0.5) is 0 Å². The van der Waals surface area contributed by atoms with Gasteiger partial charge in [-0.3, -0.25) is 4.79 Å². The number of rotatable bonds is 8. The summed E-state index contributed by atoms with van der Waals surface area (Å²) in [5, 5.41) is 3.18. The minimum absolute atomic E-state index is 0.210. The van der Waals surface area contributed by atoms with Gasteiger partial charge < -0.3 is 19.9 Å². The Morgan fingerprint density at radius 2 is 1.77 bits per heavy atom. The molecule has 4 rings (SSSR count). The smallest absolute Gasteiger partial charge is 0.223 e. The van der Waals surface area contributed by atoms with Gasteiger partial charge in [0.2, 0.25) is 5.91 Å². The van der Waals surface area contributed by atoms with E-state index in [2.05, 4.69) is 45.4 Å². The number of carbonyl (C=O) groups excluding carboxylic acids is 1. The van der Waals surface area contributed by atoms with Crippen molar-refractivity contribution in [1.29, 1.82) is 0 Å². The second kappa shape index (κ2) is 11.3. The maximum atomic E-state index is 12.5. The summed E-state index contributed by atoms with van der Waals surface area (Å²) in [5.74, 6) is 1.00. The average molecular weight is 414 g/mol. The molecule has 1 N–H and O–H groups in total. The summed E-state index contributed by atoms with van der Waals surface area (Å²) in [5.41, 5.74) is 1.45. The monoisotopic (exact) mass is 413 g/mol. The number of piperidine rings is 2. The van der Waals surface area contributed by atoms with Crippen molar-refractivity contribution in [3.05, 3.63) is 35.9 Å². The molecule has 3 aliphatic rings. The van der Waals surface area contributed by atoms with Crippen LogP contribution >= 0.6 is 0 Å². The molecule has 166 valence electrons. The summed E-state index contributed by atoms with van der Waals surface area (Å²) in [6, 6.07) is 11.6. The number of nitrogens with zero attached hydrogens (tertiary/aromatic N) is 2. The number of carbonyl (C=O) groups is 1. The van der Waals surface area contributed by atoms with E-state index >= 15 is 0 Å². The Kier molecular flexibility index (Phi) is 8.18. The Balaban J connectivity index is 1.09. The minimum Gasteiger partial charge on any atom is -0.381 e. The van der Waals surface area contributed by atoms with Gasteiger partial charge in [-0.25, -0.2) is 0 Å². The van der Waals surface area contributed by atoms with Crippen molar-refractivity contribution in [1.82, 2.24) is 15.1 Å². The third-order valence-corrected chi connectivity index (χ3v) is 7.35. The Morgan fingerprint density at radius 1 is 1.00 bits per heavy atom. The van der Waals surface area contributed by atoms with E-state index in [1.807, 2.05) is 0 Å². The van der Waals surface area contributed by atoms with Gasteiger partial charge in [0.25, 0.3) is 0 Å². The average Bonchev–Trinajstić information content (AvgIpc) is 3.33. The van der Waals surface area contributed by atoms with Crippen LogP contribution in [0.5, 0.6) is 0 Å². The Hall–Kier alpha value is -1.43. The van der Waals surface area contributed by atoms with E-state index < -0.39 is 0 Å². The van der Waals surface area contributed by atoms with Crippen molar-refractivity contribution in [3.8, 4) is 0 Å². The van der Waals surface area contributed by atoms with Crippen molar-refractivity contribution in [3.63, 3.8) is 0 Å². The first-order valence-corrected chi connectivity index (χ1v) is 12.1. The second-order valence-corrected chi connectivity index (χ2v) is 9.45. The van der Waals surface area contributed by atoms with E-state index in [0.29, 0.717) is 5.92 Å². The van der Waals surface area contributed by atoms with E-state index in [1.54, 1.807) is 0 Å². The lowest BCUT2D eigenvalue weighted by Gasteiger charge is -2.41. The van der Waals surface area contributed by atoms with E-state index in [-0.39, 0.29) is 11.8 Å². The van der Waals surface area contributed by atoms with Crippen LogP contribution in [0.25, 0.3) is 0 Å². The number of amides is 1. The van der Waals surface area contributed by atoms with Gasteiger partial charge in [0.15, 0.2) is 0 Å². The quantitative estimate of drug-likeness (QED) is 0.712. The van der Waals surface area contributed by atoms with Crippen molar-refractivity contribution in [2.45, 2.75) is 51.0 Å². The molecule has 0 aliphatic carbocycles. The molecule has 3 heterocycles. The molecule has 3 fully saturated rings. The van der Waals surface area contributed by atoms with Crippen LogP contribution < -0.4 is 5.32 Å². The van der Waals surface area contributed by atoms with Crippen molar-refractivity contribution >= 4 is 5.91 Å². The van der Waals surface area contributed by atoms with Crippen molar-refractivity contribution in [2.75, 3.05) is 52.5 Å². The predicted molar refractivity (Wildman–Crippen MR) is 120 cm³/mol. The molecule has 1 atom stereocenters. The van der Waals surface area contributed by atoms with Crippen molar-refractivity contribution < 1.29 is 9.53 Å². The highest BCUT2D eigenvalue weighted by atomic mass is 16.5. The van der Waals surface area contributed by atoms with Crippen LogP contribution in [0, 0.1) is 11.8 Å². The summed E-state index contributed by atoms with van der Waals surface area (Å²) >= 11 is 0. The van der Waals surface area contributed by atoms with Gasteiger partial charge in [-0.05, 0) is 83.2 Å². The van der Waals surface area contributed by atoms with E-state index in [1.165, 1.54) is 50.9 Å². The van der Waals surface area contributed by atoms with Crippen LogP contribution in [0.1, 0.15) is 44.1 Å². The van der Waals surface area contributed by atoms with Crippen LogP contribution in [0.3, 0.4) is 0 Å². The Labute approximate surface area is 182 Å². The molecule has 0 spiro atoms. The molecule has 3 aliphatic heterocycles. The number of benzene rings is 1. The zero-order valence-electron chi connectivity index (χ0n) is 18.4. The molecule has 0 saturated carbocycles. The Morgan fingerprint density at radius 3 is 2.47 bits per heavy atom. The maximum Gasteiger partial charge on any atom is 0.223 e. The molecule has 5 heteroatoms. The SMILES string of the molecule is O=C(NC[C@H]1CCOC1)C1CCN(C2CCN(CCCc3ccccc3)CC2)CC1. The summed E-state index contributed by atoms with van der Waals surface area (Å²) in [4.78, 5) is 17.8.